The lowest BCUT2D eigenvalue weighted by molar-refractivity contribution is -0.123. The lowest BCUT2D eigenvalue weighted by atomic mass is 9.91. The van der Waals surface area contributed by atoms with E-state index in [0.717, 1.165) is 31.3 Å². The molecule has 6 nitrogen and oxygen atoms in total. The number of fused-ring (bicyclic) bond motifs is 2. The number of pyridine rings is 1. The Morgan fingerprint density at radius 3 is 3.14 bits per heavy atom. The minimum absolute atomic E-state index is 0.0167. The Balaban J connectivity index is 1.82. The number of aldehydes is 1. The topological polar surface area (TPSA) is 66.7 Å². The Morgan fingerprint density at radius 1 is 1.38 bits per heavy atom. The number of anilines is 1. The summed E-state index contributed by atoms with van der Waals surface area (Å²) in [6.07, 6.45) is 4.55. The Kier molecular flexibility index (Phi) is 2.70. The molecule has 2 unspecified atom stereocenters. The number of carbonyl (C=O) groups excluding carboxylic acids is 2. The smallest absolute Gasteiger partial charge is 0.225 e. The Hall–Kier alpha value is -2.37. The molecule has 0 saturated carbocycles. The molecule has 2 fully saturated rings. The van der Waals surface area contributed by atoms with Crippen LogP contribution in [0.1, 0.15) is 23.3 Å². The molecule has 4 heterocycles. The third-order valence-electron chi connectivity index (χ3n) is 4.53. The predicted octanol–water partition coefficient (Wildman–Crippen LogP) is 0.862. The molecule has 1 amide bonds. The first kappa shape index (κ1) is 12.4. The van der Waals surface area contributed by atoms with Gasteiger partial charge in [0.15, 0.2) is 12.1 Å². The quantitative estimate of drug-likeness (QED) is 0.831. The van der Waals surface area contributed by atoms with Crippen molar-refractivity contribution in [2.75, 3.05) is 18.0 Å². The standard InChI is InChI=1S/C15H16N4O2/c20-9-12-14(17-13-5-1-2-6-18(12)13)19-7-3-4-10-11(19)8-16-15(10)21/h1-2,5-6,9-11H,3-4,7-8H2,(H,16,21). The second-order valence-electron chi connectivity index (χ2n) is 5.62. The second-order valence-corrected chi connectivity index (χ2v) is 5.62. The number of imidazole rings is 1. The number of hydrogen-bond donors (Lipinski definition) is 1. The Morgan fingerprint density at radius 2 is 2.29 bits per heavy atom. The number of amides is 1. The SMILES string of the molecule is O=Cc1c(N2CCCC3C(=O)NCC32)nc2ccccn12. The number of hydrogen-bond acceptors (Lipinski definition) is 4. The average Bonchev–Trinajstić information content (AvgIpc) is 3.08. The van der Waals surface area contributed by atoms with Crippen molar-refractivity contribution in [3.05, 3.63) is 30.1 Å². The average molecular weight is 284 g/mol. The summed E-state index contributed by atoms with van der Waals surface area (Å²) in [6.45, 7) is 1.47. The monoisotopic (exact) mass is 284 g/mol. The zero-order valence-corrected chi connectivity index (χ0v) is 11.5. The van der Waals surface area contributed by atoms with E-state index in [4.69, 9.17) is 0 Å². The van der Waals surface area contributed by atoms with Gasteiger partial charge in [0, 0.05) is 19.3 Å². The number of aromatic nitrogens is 2. The van der Waals surface area contributed by atoms with Crippen molar-refractivity contribution in [1.82, 2.24) is 14.7 Å². The van der Waals surface area contributed by atoms with Crippen molar-refractivity contribution in [2.45, 2.75) is 18.9 Å². The van der Waals surface area contributed by atoms with Crippen molar-refractivity contribution in [2.24, 2.45) is 5.92 Å². The van der Waals surface area contributed by atoms with Gasteiger partial charge in [0.2, 0.25) is 5.91 Å². The van der Waals surface area contributed by atoms with E-state index in [1.54, 1.807) is 4.40 Å². The fraction of sp³-hybridized carbons (Fsp3) is 0.400. The van der Waals surface area contributed by atoms with Crippen LogP contribution in [0, 0.1) is 5.92 Å². The summed E-state index contributed by atoms with van der Waals surface area (Å²) in [7, 11) is 0. The van der Waals surface area contributed by atoms with E-state index in [1.165, 1.54) is 0 Å². The molecular formula is C15H16N4O2. The van der Waals surface area contributed by atoms with Crippen LogP contribution in [0.25, 0.3) is 5.65 Å². The highest BCUT2D eigenvalue weighted by Crippen LogP contribution is 2.32. The summed E-state index contributed by atoms with van der Waals surface area (Å²) < 4.78 is 1.80. The molecule has 4 rings (SSSR count). The van der Waals surface area contributed by atoms with Gasteiger partial charge in [0.05, 0.1) is 12.0 Å². The van der Waals surface area contributed by atoms with Crippen molar-refractivity contribution in [1.29, 1.82) is 0 Å². The lowest BCUT2D eigenvalue weighted by Gasteiger charge is -2.36. The molecule has 2 aromatic rings. The van der Waals surface area contributed by atoms with Crippen molar-refractivity contribution >= 4 is 23.7 Å². The minimum Gasteiger partial charge on any atom is -0.354 e. The number of carbonyl (C=O) groups is 2. The van der Waals surface area contributed by atoms with Gasteiger partial charge < -0.3 is 10.2 Å². The first-order valence-corrected chi connectivity index (χ1v) is 7.26. The van der Waals surface area contributed by atoms with Crippen LogP contribution >= 0.6 is 0 Å². The van der Waals surface area contributed by atoms with Gasteiger partial charge in [0.25, 0.3) is 0 Å². The van der Waals surface area contributed by atoms with Crippen molar-refractivity contribution in [3.63, 3.8) is 0 Å². The van der Waals surface area contributed by atoms with Crippen LogP contribution in [0.15, 0.2) is 24.4 Å². The van der Waals surface area contributed by atoms with Gasteiger partial charge in [-0.3, -0.25) is 14.0 Å². The lowest BCUT2D eigenvalue weighted by Crippen LogP contribution is -2.46. The predicted molar refractivity (Wildman–Crippen MR) is 77.4 cm³/mol. The molecular weight excluding hydrogens is 268 g/mol. The first-order valence-electron chi connectivity index (χ1n) is 7.26. The summed E-state index contributed by atoms with van der Waals surface area (Å²) in [6, 6.07) is 5.77. The number of nitrogens with one attached hydrogen (secondary N) is 1. The van der Waals surface area contributed by atoms with Crippen molar-refractivity contribution < 1.29 is 9.59 Å². The molecule has 2 saturated heterocycles. The van der Waals surface area contributed by atoms with Crippen molar-refractivity contribution in [3.8, 4) is 0 Å². The largest absolute Gasteiger partial charge is 0.354 e. The fourth-order valence-electron chi connectivity index (χ4n) is 3.54. The molecule has 0 aromatic carbocycles. The van der Waals surface area contributed by atoms with Gasteiger partial charge in [-0.25, -0.2) is 4.98 Å². The summed E-state index contributed by atoms with van der Waals surface area (Å²) >= 11 is 0. The molecule has 0 spiro atoms. The summed E-state index contributed by atoms with van der Waals surface area (Å²) in [4.78, 5) is 30.1. The molecule has 0 aliphatic carbocycles. The number of piperidine rings is 1. The molecule has 1 N–H and O–H groups in total. The van der Waals surface area contributed by atoms with Crippen LogP contribution in [-0.2, 0) is 4.79 Å². The van der Waals surface area contributed by atoms with Gasteiger partial charge in [-0.15, -0.1) is 0 Å². The van der Waals surface area contributed by atoms with E-state index in [-0.39, 0.29) is 17.9 Å². The molecule has 2 aliphatic rings. The van der Waals surface area contributed by atoms with Gasteiger partial charge in [-0.05, 0) is 25.0 Å². The van der Waals surface area contributed by atoms with Crippen LogP contribution in [0.3, 0.4) is 0 Å². The van der Waals surface area contributed by atoms with Crippen LogP contribution in [0.2, 0.25) is 0 Å². The summed E-state index contributed by atoms with van der Waals surface area (Å²) in [5, 5.41) is 2.93. The fourth-order valence-corrected chi connectivity index (χ4v) is 3.54. The third-order valence-corrected chi connectivity index (χ3v) is 4.53. The van der Waals surface area contributed by atoms with Gasteiger partial charge in [-0.2, -0.15) is 0 Å². The van der Waals surface area contributed by atoms with Gasteiger partial charge >= 0.3 is 0 Å². The van der Waals surface area contributed by atoms with E-state index < -0.39 is 0 Å². The number of rotatable bonds is 2. The van der Waals surface area contributed by atoms with Gasteiger partial charge in [0.1, 0.15) is 11.3 Å². The van der Waals surface area contributed by atoms with E-state index in [1.807, 2.05) is 24.4 Å². The molecule has 21 heavy (non-hydrogen) atoms. The molecule has 0 radical (unpaired) electrons. The molecule has 6 heteroatoms. The first-order chi connectivity index (χ1) is 10.3. The highest BCUT2D eigenvalue weighted by molar-refractivity contribution is 5.86. The Labute approximate surface area is 121 Å². The Bertz CT molecular complexity index is 724. The summed E-state index contributed by atoms with van der Waals surface area (Å²) in [5.41, 5.74) is 1.32. The summed E-state index contributed by atoms with van der Waals surface area (Å²) in [5.74, 6) is 0.839. The number of nitrogens with zero attached hydrogens (tertiary/aromatic N) is 3. The molecule has 2 aliphatic heterocycles. The normalized spacial score (nSPS) is 25.0. The zero-order chi connectivity index (χ0) is 14.4. The van der Waals surface area contributed by atoms with Crippen LogP contribution in [0.4, 0.5) is 5.82 Å². The molecule has 108 valence electrons. The zero-order valence-electron chi connectivity index (χ0n) is 11.5. The van der Waals surface area contributed by atoms with Crippen LogP contribution < -0.4 is 10.2 Å². The minimum atomic E-state index is 0.0167. The highest BCUT2D eigenvalue weighted by Gasteiger charge is 2.42. The van der Waals surface area contributed by atoms with Crippen LogP contribution in [0.5, 0.6) is 0 Å². The van der Waals surface area contributed by atoms with E-state index in [9.17, 15) is 9.59 Å². The van der Waals surface area contributed by atoms with E-state index in [2.05, 4.69) is 15.2 Å². The van der Waals surface area contributed by atoms with Crippen LogP contribution in [-0.4, -0.2) is 40.7 Å². The molecule has 2 atom stereocenters. The molecule has 0 bridgehead atoms. The maximum atomic E-state index is 11.9. The molecule has 2 aromatic heterocycles. The maximum absolute atomic E-state index is 11.9. The van der Waals surface area contributed by atoms with Gasteiger partial charge in [-0.1, -0.05) is 6.07 Å². The van der Waals surface area contributed by atoms with E-state index >= 15 is 0 Å². The third kappa shape index (κ3) is 1.75. The maximum Gasteiger partial charge on any atom is 0.225 e. The second kappa shape index (κ2) is 4.58. The highest BCUT2D eigenvalue weighted by atomic mass is 16.2. The van der Waals surface area contributed by atoms with E-state index in [0.29, 0.717) is 18.1 Å².